The molecule has 17 heavy (non-hydrogen) atoms. The summed E-state index contributed by atoms with van der Waals surface area (Å²) in [7, 11) is 0. The monoisotopic (exact) mass is 245 g/mol. The summed E-state index contributed by atoms with van der Waals surface area (Å²) in [5, 5.41) is 18.3. The zero-order chi connectivity index (χ0) is 12.8. The highest BCUT2D eigenvalue weighted by atomic mass is 16.5. The zero-order valence-electron chi connectivity index (χ0n) is 9.96. The Morgan fingerprint density at radius 1 is 1.47 bits per heavy atom. The summed E-state index contributed by atoms with van der Waals surface area (Å²) in [6.07, 6.45) is 0.223. The van der Waals surface area contributed by atoms with Crippen molar-refractivity contribution in [2.24, 2.45) is 0 Å². The van der Waals surface area contributed by atoms with Crippen LogP contribution in [-0.2, 0) is 14.3 Å². The van der Waals surface area contributed by atoms with Crippen molar-refractivity contribution >= 4 is 11.9 Å². The Balaban J connectivity index is 2.41. The summed E-state index contributed by atoms with van der Waals surface area (Å²) in [6.45, 7) is 3.09. The summed E-state index contributed by atoms with van der Waals surface area (Å²) in [5.41, 5.74) is 0. The predicted octanol–water partition coefficient (Wildman–Crippen LogP) is -0.151. The molecule has 2 N–H and O–H groups in total. The Bertz CT molecular complexity index is 281. The molecule has 0 aromatic heterocycles. The molecule has 0 aromatic rings. The maximum Gasteiger partial charge on any atom is 0.326 e. The van der Waals surface area contributed by atoms with Gasteiger partial charge in [-0.25, -0.2) is 4.79 Å². The molecule has 1 heterocycles. The van der Waals surface area contributed by atoms with Crippen molar-refractivity contribution in [3.8, 4) is 0 Å². The number of carboxylic acid groups (broad SMARTS) is 1. The fourth-order valence-corrected chi connectivity index (χ4v) is 1.94. The molecule has 1 saturated heterocycles. The molecule has 1 aliphatic rings. The molecule has 0 saturated carbocycles. The molecule has 0 aliphatic carbocycles. The number of rotatable bonds is 6. The fourth-order valence-electron chi connectivity index (χ4n) is 1.94. The fraction of sp³-hybridized carbons (Fsp3) is 0.818. The van der Waals surface area contributed by atoms with E-state index >= 15 is 0 Å². The molecule has 2 atom stereocenters. The Kier molecular flexibility index (Phi) is 5.37. The van der Waals surface area contributed by atoms with E-state index in [1.807, 2.05) is 6.92 Å². The van der Waals surface area contributed by atoms with Crippen molar-refractivity contribution < 1.29 is 24.5 Å². The highest BCUT2D eigenvalue weighted by molar-refractivity contribution is 5.84. The lowest BCUT2D eigenvalue weighted by atomic mass is 10.2. The first-order chi connectivity index (χ1) is 8.06. The second-order valence-corrected chi connectivity index (χ2v) is 4.09. The highest BCUT2D eigenvalue weighted by Gasteiger charge is 2.38. The van der Waals surface area contributed by atoms with Crippen molar-refractivity contribution in [2.45, 2.75) is 38.3 Å². The number of nitrogens with zero attached hydrogens (tertiary/aromatic N) is 1. The lowest BCUT2D eigenvalue weighted by Crippen LogP contribution is -2.40. The van der Waals surface area contributed by atoms with Gasteiger partial charge in [0.15, 0.2) is 0 Å². The van der Waals surface area contributed by atoms with Crippen molar-refractivity contribution in [3.05, 3.63) is 0 Å². The average Bonchev–Trinajstić information content (AvgIpc) is 2.66. The Morgan fingerprint density at radius 2 is 2.18 bits per heavy atom. The van der Waals surface area contributed by atoms with Gasteiger partial charge in [0.1, 0.15) is 6.04 Å². The van der Waals surface area contributed by atoms with Crippen LogP contribution in [-0.4, -0.2) is 58.9 Å². The molecule has 0 radical (unpaired) electrons. The van der Waals surface area contributed by atoms with Crippen molar-refractivity contribution in [2.75, 3.05) is 19.8 Å². The average molecular weight is 245 g/mol. The van der Waals surface area contributed by atoms with E-state index < -0.39 is 18.1 Å². The second kappa shape index (κ2) is 6.56. The first-order valence-electron chi connectivity index (χ1n) is 5.84. The van der Waals surface area contributed by atoms with E-state index in [4.69, 9.17) is 9.84 Å². The van der Waals surface area contributed by atoms with Crippen LogP contribution in [0.3, 0.4) is 0 Å². The molecule has 1 fully saturated rings. The number of carbonyl (C=O) groups is 2. The topological polar surface area (TPSA) is 87.1 Å². The van der Waals surface area contributed by atoms with Crippen molar-refractivity contribution in [3.63, 3.8) is 0 Å². The third-order valence-corrected chi connectivity index (χ3v) is 2.77. The molecule has 1 aliphatic heterocycles. The summed E-state index contributed by atoms with van der Waals surface area (Å²) in [4.78, 5) is 23.9. The van der Waals surface area contributed by atoms with E-state index in [0.29, 0.717) is 19.6 Å². The van der Waals surface area contributed by atoms with E-state index in [1.54, 1.807) is 0 Å². The number of β-amino-alcohol motifs (C(OH)–C–C–N with tert-alkyl or cyclic N) is 1. The van der Waals surface area contributed by atoms with Crippen LogP contribution in [0.25, 0.3) is 0 Å². The number of hydrogen-bond donors (Lipinski definition) is 2. The zero-order valence-corrected chi connectivity index (χ0v) is 9.96. The number of carboxylic acids is 1. The minimum absolute atomic E-state index is 0.116. The van der Waals surface area contributed by atoms with Crippen LogP contribution in [0.15, 0.2) is 0 Å². The highest BCUT2D eigenvalue weighted by Crippen LogP contribution is 2.19. The SMILES string of the molecule is CCOCCCC(=O)N1C[C@@H](O)C[C@H]1C(=O)O. The van der Waals surface area contributed by atoms with Crippen LogP contribution in [0, 0.1) is 0 Å². The van der Waals surface area contributed by atoms with Crippen LogP contribution in [0.1, 0.15) is 26.2 Å². The van der Waals surface area contributed by atoms with Gasteiger partial charge >= 0.3 is 5.97 Å². The summed E-state index contributed by atoms with van der Waals surface area (Å²) in [6, 6.07) is -0.885. The van der Waals surface area contributed by atoms with Crippen molar-refractivity contribution in [1.29, 1.82) is 0 Å². The second-order valence-electron chi connectivity index (χ2n) is 4.09. The van der Waals surface area contributed by atoms with Gasteiger partial charge in [-0.05, 0) is 13.3 Å². The van der Waals surface area contributed by atoms with E-state index in [9.17, 15) is 14.7 Å². The molecule has 98 valence electrons. The number of likely N-dealkylation sites (tertiary alicyclic amines) is 1. The van der Waals surface area contributed by atoms with Crippen LogP contribution < -0.4 is 0 Å². The molecule has 6 nitrogen and oxygen atoms in total. The number of aliphatic hydroxyl groups is 1. The Morgan fingerprint density at radius 3 is 2.76 bits per heavy atom. The summed E-state index contributed by atoms with van der Waals surface area (Å²) >= 11 is 0. The lowest BCUT2D eigenvalue weighted by molar-refractivity contribution is -0.148. The number of ether oxygens (including phenoxy) is 1. The van der Waals surface area contributed by atoms with E-state index in [-0.39, 0.29) is 25.3 Å². The Hall–Kier alpha value is -1.14. The standard InChI is InChI=1S/C11H19NO5/c1-2-17-5-3-4-10(14)12-7-8(13)6-9(12)11(15)16/h8-9,13H,2-7H2,1H3,(H,15,16)/t8-,9-/m0/s1. The third-order valence-electron chi connectivity index (χ3n) is 2.77. The molecule has 0 spiro atoms. The Labute approximate surface area is 100 Å². The maximum absolute atomic E-state index is 11.8. The first kappa shape index (κ1) is 13.9. The minimum atomic E-state index is -1.06. The molecule has 0 unspecified atom stereocenters. The quantitative estimate of drug-likeness (QED) is 0.635. The van der Waals surface area contributed by atoms with Crippen LogP contribution >= 0.6 is 0 Å². The number of aliphatic carboxylic acids is 1. The van der Waals surface area contributed by atoms with E-state index in [0.717, 1.165) is 0 Å². The molecule has 1 rings (SSSR count). The van der Waals surface area contributed by atoms with Gasteiger partial charge in [-0.1, -0.05) is 0 Å². The first-order valence-corrected chi connectivity index (χ1v) is 5.84. The van der Waals surface area contributed by atoms with Crippen LogP contribution in [0.5, 0.6) is 0 Å². The predicted molar refractivity (Wildman–Crippen MR) is 59.5 cm³/mol. The van der Waals surface area contributed by atoms with Gasteiger partial charge in [0, 0.05) is 32.6 Å². The number of amides is 1. The minimum Gasteiger partial charge on any atom is -0.480 e. The molecule has 0 bridgehead atoms. The van der Waals surface area contributed by atoms with Gasteiger partial charge in [-0.2, -0.15) is 0 Å². The molecular weight excluding hydrogens is 226 g/mol. The summed E-state index contributed by atoms with van der Waals surface area (Å²) in [5.74, 6) is -1.28. The number of hydrogen-bond acceptors (Lipinski definition) is 4. The lowest BCUT2D eigenvalue weighted by Gasteiger charge is -2.21. The van der Waals surface area contributed by atoms with Gasteiger partial charge in [0.05, 0.1) is 6.10 Å². The van der Waals surface area contributed by atoms with Crippen LogP contribution in [0.4, 0.5) is 0 Å². The number of carbonyl (C=O) groups excluding carboxylic acids is 1. The number of aliphatic hydroxyl groups excluding tert-OH is 1. The molecule has 0 aromatic carbocycles. The largest absolute Gasteiger partial charge is 0.480 e. The van der Waals surface area contributed by atoms with Gasteiger partial charge in [-0.3, -0.25) is 4.79 Å². The van der Waals surface area contributed by atoms with E-state index in [2.05, 4.69) is 0 Å². The smallest absolute Gasteiger partial charge is 0.326 e. The molecule has 6 heteroatoms. The van der Waals surface area contributed by atoms with Crippen molar-refractivity contribution in [1.82, 2.24) is 4.90 Å². The van der Waals surface area contributed by atoms with Crippen LogP contribution in [0.2, 0.25) is 0 Å². The maximum atomic E-state index is 11.8. The van der Waals surface area contributed by atoms with Gasteiger partial charge < -0.3 is 19.8 Å². The third kappa shape index (κ3) is 3.98. The van der Waals surface area contributed by atoms with E-state index in [1.165, 1.54) is 4.90 Å². The molecule has 1 amide bonds. The normalized spacial score (nSPS) is 24.0. The summed E-state index contributed by atoms with van der Waals surface area (Å²) < 4.78 is 5.11. The van der Waals surface area contributed by atoms with Gasteiger partial charge in [0.25, 0.3) is 0 Å². The molecular formula is C11H19NO5. The van der Waals surface area contributed by atoms with Gasteiger partial charge in [-0.15, -0.1) is 0 Å². The van der Waals surface area contributed by atoms with Gasteiger partial charge in [0.2, 0.25) is 5.91 Å².